The summed E-state index contributed by atoms with van der Waals surface area (Å²) in [4.78, 5) is 17.3. The topological polar surface area (TPSA) is 91.4 Å². The Hall–Kier alpha value is -3.29. The molecule has 3 rings (SSSR count). The first-order chi connectivity index (χ1) is 13.4. The molecular weight excluding hydrogens is 360 g/mol. The quantitative estimate of drug-likeness (QED) is 0.673. The number of carbonyl (C=O) groups is 1. The molecule has 2 heterocycles. The minimum Gasteiger partial charge on any atom is -0.497 e. The van der Waals surface area contributed by atoms with Gasteiger partial charge in [0.15, 0.2) is 0 Å². The zero-order valence-electron chi connectivity index (χ0n) is 16.6. The molecule has 28 heavy (non-hydrogen) atoms. The first-order valence-corrected chi connectivity index (χ1v) is 8.84. The fourth-order valence-corrected chi connectivity index (χ4v) is 3.08. The fraction of sp³-hybridized carbons (Fsp3) is 0.350. The lowest BCUT2D eigenvalue weighted by Crippen LogP contribution is -2.32. The van der Waals surface area contributed by atoms with Gasteiger partial charge in [0.1, 0.15) is 29.1 Å². The summed E-state index contributed by atoms with van der Waals surface area (Å²) in [6.07, 6.45) is 3.70. The van der Waals surface area contributed by atoms with E-state index in [4.69, 9.17) is 14.0 Å². The summed E-state index contributed by atoms with van der Waals surface area (Å²) in [6.45, 7) is 3.62. The number of nitrogens with one attached hydrogen (secondary N) is 1. The lowest BCUT2D eigenvalue weighted by Gasteiger charge is -2.20. The number of ether oxygens (including phenoxy) is 2. The van der Waals surface area contributed by atoms with Crippen LogP contribution in [0.5, 0.6) is 11.5 Å². The van der Waals surface area contributed by atoms with E-state index in [-0.39, 0.29) is 12.3 Å². The number of aromatic nitrogens is 3. The van der Waals surface area contributed by atoms with Gasteiger partial charge in [-0.1, -0.05) is 5.16 Å². The van der Waals surface area contributed by atoms with Gasteiger partial charge in [-0.05, 0) is 31.5 Å². The van der Waals surface area contributed by atoms with E-state index in [9.17, 15) is 4.79 Å². The average Bonchev–Trinajstić information content (AvgIpc) is 3.25. The molecule has 0 radical (unpaired) electrons. The number of aryl methyl sites for hydroxylation is 3. The van der Waals surface area contributed by atoms with E-state index in [1.54, 1.807) is 33.4 Å². The van der Waals surface area contributed by atoms with Crippen LogP contribution in [0.15, 0.2) is 35.1 Å². The van der Waals surface area contributed by atoms with Crippen LogP contribution in [-0.2, 0) is 18.3 Å². The van der Waals surface area contributed by atoms with E-state index in [2.05, 4.69) is 15.5 Å². The van der Waals surface area contributed by atoms with E-state index < -0.39 is 6.04 Å². The number of carbonyl (C=O) groups excluding carboxylic acids is 1. The predicted molar refractivity (Wildman–Crippen MR) is 102 cm³/mol. The predicted octanol–water partition coefficient (Wildman–Crippen LogP) is 2.49. The summed E-state index contributed by atoms with van der Waals surface area (Å²) in [6, 6.07) is 5.03. The largest absolute Gasteiger partial charge is 0.497 e. The lowest BCUT2D eigenvalue weighted by molar-refractivity contribution is -0.121. The van der Waals surface area contributed by atoms with Crippen molar-refractivity contribution in [2.75, 3.05) is 14.2 Å². The molecule has 1 aromatic carbocycles. The number of benzene rings is 1. The normalized spacial score (nSPS) is 11.9. The molecule has 0 aliphatic heterocycles. The molecular formula is C20H24N4O4. The molecule has 1 N–H and O–H groups in total. The minimum atomic E-state index is -0.475. The second-order valence-corrected chi connectivity index (χ2v) is 6.52. The van der Waals surface area contributed by atoms with Gasteiger partial charge in [-0.25, -0.2) is 4.98 Å². The molecule has 0 saturated heterocycles. The maximum atomic E-state index is 12.8. The number of rotatable bonds is 7. The van der Waals surface area contributed by atoms with E-state index in [1.165, 1.54) is 0 Å². The Morgan fingerprint density at radius 1 is 1.21 bits per heavy atom. The van der Waals surface area contributed by atoms with Crippen LogP contribution < -0.4 is 14.8 Å². The average molecular weight is 384 g/mol. The van der Waals surface area contributed by atoms with Crippen LogP contribution in [-0.4, -0.2) is 34.8 Å². The Kier molecular flexibility index (Phi) is 5.67. The van der Waals surface area contributed by atoms with Gasteiger partial charge in [0.25, 0.3) is 0 Å². The van der Waals surface area contributed by atoms with Crippen molar-refractivity contribution in [3.05, 3.63) is 59.0 Å². The van der Waals surface area contributed by atoms with Crippen molar-refractivity contribution in [2.24, 2.45) is 7.05 Å². The van der Waals surface area contributed by atoms with Crippen LogP contribution in [0.2, 0.25) is 0 Å². The molecule has 1 amide bonds. The fourth-order valence-electron chi connectivity index (χ4n) is 3.08. The van der Waals surface area contributed by atoms with Gasteiger partial charge in [0.2, 0.25) is 5.91 Å². The number of imidazole rings is 1. The molecule has 3 aromatic rings. The summed E-state index contributed by atoms with van der Waals surface area (Å²) in [5.74, 6) is 2.44. The Bertz CT molecular complexity index is 935. The number of hydrogen-bond donors (Lipinski definition) is 1. The molecule has 148 valence electrons. The highest BCUT2D eigenvalue weighted by molar-refractivity contribution is 5.79. The van der Waals surface area contributed by atoms with Gasteiger partial charge in [0.05, 0.1) is 26.3 Å². The molecule has 0 spiro atoms. The highest BCUT2D eigenvalue weighted by Crippen LogP contribution is 2.29. The molecule has 0 fully saturated rings. The highest BCUT2D eigenvalue weighted by Gasteiger charge is 2.23. The molecule has 0 saturated carbocycles. The molecule has 1 atom stereocenters. The Balaban J connectivity index is 1.95. The monoisotopic (exact) mass is 384 g/mol. The van der Waals surface area contributed by atoms with Crippen molar-refractivity contribution in [1.82, 2.24) is 20.0 Å². The molecule has 2 aromatic heterocycles. The molecule has 8 heteroatoms. The molecule has 0 aliphatic carbocycles. The van der Waals surface area contributed by atoms with E-state index in [1.807, 2.05) is 36.9 Å². The van der Waals surface area contributed by atoms with Gasteiger partial charge in [-0.15, -0.1) is 0 Å². The van der Waals surface area contributed by atoms with E-state index in [0.717, 1.165) is 11.1 Å². The second-order valence-electron chi connectivity index (χ2n) is 6.52. The van der Waals surface area contributed by atoms with Gasteiger partial charge >= 0.3 is 0 Å². The standard InChI is InChI=1S/C20H24N4O4/c1-12-17(13(2)28-23-12)11-18(25)22-19(20-21-6-7-24(20)3)14-8-15(26-4)10-16(9-14)27-5/h6-10,19H,11H2,1-5H3,(H,22,25)/t19-/m1/s1. The first kappa shape index (κ1) is 19.5. The third kappa shape index (κ3) is 4.00. The van der Waals surface area contributed by atoms with Crippen molar-refractivity contribution < 1.29 is 18.8 Å². The van der Waals surface area contributed by atoms with Crippen LogP contribution in [0.1, 0.15) is 34.4 Å². The lowest BCUT2D eigenvalue weighted by atomic mass is 10.0. The van der Waals surface area contributed by atoms with Crippen molar-refractivity contribution in [1.29, 1.82) is 0 Å². The summed E-state index contributed by atoms with van der Waals surface area (Å²) >= 11 is 0. The molecule has 0 unspecified atom stereocenters. The second kappa shape index (κ2) is 8.16. The number of nitrogens with zero attached hydrogens (tertiary/aromatic N) is 3. The maximum Gasteiger partial charge on any atom is 0.225 e. The first-order valence-electron chi connectivity index (χ1n) is 8.84. The van der Waals surface area contributed by atoms with Crippen molar-refractivity contribution >= 4 is 5.91 Å². The third-order valence-electron chi connectivity index (χ3n) is 4.65. The zero-order valence-corrected chi connectivity index (χ0v) is 16.6. The summed E-state index contributed by atoms with van der Waals surface area (Å²) in [5.41, 5.74) is 2.31. The zero-order chi connectivity index (χ0) is 20.3. The van der Waals surface area contributed by atoms with Gasteiger partial charge in [-0.3, -0.25) is 4.79 Å². The third-order valence-corrected chi connectivity index (χ3v) is 4.65. The SMILES string of the molecule is COc1cc(OC)cc([C@@H](NC(=O)Cc2c(C)noc2C)c2nccn2C)c1. The van der Waals surface area contributed by atoms with Crippen LogP contribution in [0, 0.1) is 13.8 Å². The molecule has 0 bridgehead atoms. The van der Waals surface area contributed by atoms with Gasteiger partial charge in [-0.2, -0.15) is 0 Å². The molecule has 0 aliphatic rings. The molecule has 8 nitrogen and oxygen atoms in total. The van der Waals surface area contributed by atoms with E-state index >= 15 is 0 Å². The van der Waals surface area contributed by atoms with E-state index in [0.29, 0.717) is 28.8 Å². The van der Waals surface area contributed by atoms with Crippen LogP contribution >= 0.6 is 0 Å². The van der Waals surface area contributed by atoms with Crippen molar-refractivity contribution in [2.45, 2.75) is 26.3 Å². The number of methoxy groups -OCH3 is 2. The number of hydrogen-bond acceptors (Lipinski definition) is 6. The number of amides is 1. The summed E-state index contributed by atoms with van der Waals surface area (Å²) in [5, 5.41) is 6.98. The Morgan fingerprint density at radius 3 is 2.39 bits per heavy atom. The summed E-state index contributed by atoms with van der Waals surface area (Å²) in [7, 11) is 5.06. The smallest absolute Gasteiger partial charge is 0.225 e. The summed E-state index contributed by atoms with van der Waals surface area (Å²) < 4.78 is 17.8. The van der Waals surface area contributed by atoms with Crippen molar-refractivity contribution in [3.63, 3.8) is 0 Å². The van der Waals surface area contributed by atoms with Crippen LogP contribution in [0.4, 0.5) is 0 Å². The Labute approximate surface area is 163 Å². The highest BCUT2D eigenvalue weighted by atomic mass is 16.5. The van der Waals surface area contributed by atoms with Crippen LogP contribution in [0.25, 0.3) is 0 Å². The minimum absolute atomic E-state index is 0.163. The van der Waals surface area contributed by atoms with Crippen LogP contribution in [0.3, 0.4) is 0 Å². The Morgan fingerprint density at radius 2 is 1.89 bits per heavy atom. The van der Waals surface area contributed by atoms with Gasteiger partial charge in [0, 0.05) is 31.1 Å². The van der Waals surface area contributed by atoms with Gasteiger partial charge < -0.3 is 23.9 Å². The maximum absolute atomic E-state index is 12.8. The van der Waals surface area contributed by atoms with Crippen molar-refractivity contribution in [3.8, 4) is 11.5 Å².